The maximum atomic E-state index is 5.91. The van der Waals surface area contributed by atoms with Crippen molar-refractivity contribution in [3.63, 3.8) is 0 Å². The van der Waals surface area contributed by atoms with Gasteiger partial charge < -0.3 is 5.32 Å². The molecule has 1 rings (SSSR count). The zero-order chi connectivity index (χ0) is 11.4. The molecule has 0 fully saturated rings. The Hall–Kier alpha value is -0.400. The van der Waals surface area contributed by atoms with Gasteiger partial charge in [0.15, 0.2) is 0 Å². The third-order valence-electron chi connectivity index (χ3n) is 2.10. The molecule has 1 nitrogen and oxygen atoms in total. The van der Waals surface area contributed by atoms with E-state index in [9.17, 15) is 0 Å². The minimum atomic E-state index is 0.430. The molecule has 0 radical (unpaired) electrons. The molecule has 0 saturated carbocycles. The molecule has 0 bridgehead atoms. The van der Waals surface area contributed by atoms with Gasteiger partial charge in [-0.25, -0.2) is 0 Å². The fraction of sp³-hybridized carbons (Fsp3) is 0.500. The average molecular weight is 246 g/mol. The van der Waals surface area contributed by atoms with Gasteiger partial charge >= 0.3 is 0 Å². The van der Waals surface area contributed by atoms with Gasteiger partial charge in [-0.15, -0.1) is 0 Å². The second-order valence-corrected chi connectivity index (χ2v) is 5.21. The van der Waals surface area contributed by atoms with E-state index in [0.717, 1.165) is 12.1 Å². The van der Waals surface area contributed by atoms with E-state index in [0.29, 0.717) is 22.0 Å². The Morgan fingerprint density at radius 1 is 1.07 bits per heavy atom. The van der Waals surface area contributed by atoms with Crippen molar-refractivity contribution in [2.45, 2.75) is 33.2 Å². The fourth-order valence-corrected chi connectivity index (χ4v) is 2.21. The molecular formula is C12H17Cl2N. The number of rotatable bonds is 4. The lowest BCUT2D eigenvalue weighted by molar-refractivity contribution is 0.540. The molecule has 1 atom stereocenters. The summed E-state index contributed by atoms with van der Waals surface area (Å²) in [5, 5.41) is 4.72. The first kappa shape index (κ1) is 12.7. The summed E-state index contributed by atoms with van der Waals surface area (Å²) < 4.78 is 0. The largest absolute Gasteiger partial charge is 0.382 e. The maximum Gasteiger partial charge on any atom is 0.0441 e. The summed E-state index contributed by atoms with van der Waals surface area (Å²) in [6.45, 7) is 6.58. The lowest BCUT2D eigenvalue weighted by Gasteiger charge is -2.17. The standard InChI is InChI=1S/C12H17Cl2N/c1-8(2)4-9(3)15-12-6-10(13)5-11(14)7-12/h5-9,15H,4H2,1-3H3. The van der Waals surface area contributed by atoms with Crippen LogP contribution in [0.25, 0.3) is 0 Å². The monoisotopic (exact) mass is 245 g/mol. The lowest BCUT2D eigenvalue weighted by atomic mass is 10.1. The minimum Gasteiger partial charge on any atom is -0.382 e. The van der Waals surface area contributed by atoms with Gasteiger partial charge in [0.2, 0.25) is 0 Å². The summed E-state index contributed by atoms with van der Waals surface area (Å²) in [7, 11) is 0. The number of hydrogen-bond donors (Lipinski definition) is 1. The van der Waals surface area contributed by atoms with Crippen molar-refractivity contribution in [1.29, 1.82) is 0 Å². The first-order valence-electron chi connectivity index (χ1n) is 5.20. The van der Waals surface area contributed by atoms with Crippen molar-refractivity contribution >= 4 is 28.9 Å². The smallest absolute Gasteiger partial charge is 0.0441 e. The second-order valence-electron chi connectivity index (χ2n) is 4.33. The van der Waals surface area contributed by atoms with E-state index in [-0.39, 0.29) is 0 Å². The summed E-state index contributed by atoms with van der Waals surface area (Å²) in [6.07, 6.45) is 1.13. The number of anilines is 1. The van der Waals surface area contributed by atoms with Crippen LogP contribution < -0.4 is 5.32 Å². The van der Waals surface area contributed by atoms with Crippen molar-refractivity contribution in [3.8, 4) is 0 Å². The molecule has 0 heterocycles. The van der Waals surface area contributed by atoms with Crippen molar-refractivity contribution in [2.24, 2.45) is 5.92 Å². The van der Waals surface area contributed by atoms with Crippen LogP contribution in [0.15, 0.2) is 18.2 Å². The Labute approximate surface area is 102 Å². The Balaban J connectivity index is 2.63. The zero-order valence-corrected chi connectivity index (χ0v) is 10.9. The van der Waals surface area contributed by atoms with Crippen LogP contribution in [0, 0.1) is 5.92 Å². The van der Waals surface area contributed by atoms with E-state index in [2.05, 4.69) is 26.1 Å². The first-order valence-corrected chi connectivity index (χ1v) is 5.95. The number of nitrogens with one attached hydrogen (secondary N) is 1. The number of hydrogen-bond acceptors (Lipinski definition) is 1. The highest BCUT2D eigenvalue weighted by atomic mass is 35.5. The van der Waals surface area contributed by atoms with Gasteiger partial charge in [-0.2, -0.15) is 0 Å². The van der Waals surface area contributed by atoms with Crippen LogP contribution in [0.5, 0.6) is 0 Å². The summed E-state index contributed by atoms with van der Waals surface area (Å²) in [4.78, 5) is 0. The highest BCUT2D eigenvalue weighted by molar-refractivity contribution is 6.35. The molecule has 1 aromatic rings. The molecule has 0 aliphatic rings. The molecule has 84 valence electrons. The van der Waals surface area contributed by atoms with Crippen molar-refractivity contribution in [3.05, 3.63) is 28.2 Å². The Morgan fingerprint density at radius 3 is 2.07 bits per heavy atom. The molecule has 1 aromatic carbocycles. The van der Waals surface area contributed by atoms with E-state index in [4.69, 9.17) is 23.2 Å². The van der Waals surface area contributed by atoms with E-state index in [1.807, 2.05) is 12.1 Å². The number of halogens is 2. The van der Waals surface area contributed by atoms with Gasteiger partial charge in [-0.1, -0.05) is 37.0 Å². The Morgan fingerprint density at radius 2 is 1.60 bits per heavy atom. The normalized spacial score (nSPS) is 12.9. The lowest BCUT2D eigenvalue weighted by Crippen LogP contribution is -2.17. The zero-order valence-electron chi connectivity index (χ0n) is 9.35. The molecule has 0 aromatic heterocycles. The third kappa shape index (κ3) is 4.76. The molecule has 0 saturated heterocycles. The van der Waals surface area contributed by atoms with Gasteiger partial charge in [0, 0.05) is 21.8 Å². The van der Waals surface area contributed by atoms with Crippen molar-refractivity contribution in [1.82, 2.24) is 0 Å². The average Bonchev–Trinajstić information content (AvgIpc) is 1.98. The predicted octanol–water partition coefficient (Wildman–Crippen LogP) is 4.84. The highest BCUT2D eigenvalue weighted by Crippen LogP contribution is 2.23. The molecule has 0 spiro atoms. The van der Waals surface area contributed by atoms with Gasteiger partial charge in [-0.3, -0.25) is 0 Å². The first-order chi connectivity index (χ1) is 6.97. The fourth-order valence-electron chi connectivity index (χ4n) is 1.69. The van der Waals surface area contributed by atoms with E-state index >= 15 is 0 Å². The summed E-state index contributed by atoms with van der Waals surface area (Å²) in [6, 6.07) is 5.95. The second kappa shape index (κ2) is 5.62. The molecule has 0 aliphatic carbocycles. The maximum absolute atomic E-state index is 5.91. The molecule has 0 aliphatic heterocycles. The Bertz CT molecular complexity index is 303. The Kier molecular flexibility index (Phi) is 4.75. The molecule has 3 heteroatoms. The van der Waals surface area contributed by atoms with Crippen LogP contribution in [-0.2, 0) is 0 Å². The molecule has 1 unspecified atom stereocenters. The van der Waals surface area contributed by atoms with Crippen LogP contribution in [0.3, 0.4) is 0 Å². The quantitative estimate of drug-likeness (QED) is 0.801. The van der Waals surface area contributed by atoms with E-state index in [1.54, 1.807) is 6.07 Å². The SMILES string of the molecule is CC(C)CC(C)Nc1cc(Cl)cc(Cl)c1. The summed E-state index contributed by atoms with van der Waals surface area (Å²) in [5.41, 5.74) is 0.987. The molecule has 0 amide bonds. The summed E-state index contributed by atoms with van der Waals surface area (Å²) in [5.74, 6) is 0.683. The third-order valence-corrected chi connectivity index (χ3v) is 2.54. The predicted molar refractivity (Wildman–Crippen MR) is 69.0 cm³/mol. The van der Waals surface area contributed by atoms with Gasteiger partial charge in [0.1, 0.15) is 0 Å². The van der Waals surface area contributed by atoms with Crippen molar-refractivity contribution < 1.29 is 0 Å². The van der Waals surface area contributed by atoms with Crippen molar-refractivity contribution in [2.75, 3.05) is 5.32 Å². The van der Waals surface area contributed by atoms with Crippen LogP contribution in [0.1, 0.15) is 27.2 Å². The van der Waals surface area contributed by atoms with Crippen LogP contribution in [0.4, 0.5) is 5.69 Å². The van der Waals surface area contributed by atoms with Gasteiger partial charge in [-0.05, 0) is 37.5 Å². The van der Waals surface area contributed by atoms with E-state index in [1.165, 1.54) is 0 Å². The number of benzene rings is 1. The van der Waals surface area contributed by atoms with Crippen LogP contribution >= 0.6 is 23.2 Å². The van der Waals surface area contributed by atoms with Crippen LogP contribution in [0.2, 0.25) is 10.0 Å². The van der Waals surface area contributed by atoms with Crippen LogP contribution in [-0.4, -0.2) is 6.04 Å². The minimum absolute atomic E-state index is 0.430. The van der Waals surface area contributed by atoms with Gasteiger partial charge in [0.05, 0.1) is 0 Å². The molecule has 15 heavy (non-hydrogen) atoms. The highest BCUT2D eigenvalue weighted by Gasteiger charge is 2.05. The van der Waals surface area contributed by atoms with E-state index < -0.39 is 0 Å². The molecule has 1 N–H and O–H groups in total. The molecular weight excluding hydrogens is 229 g/mol. The summed E-state index contributed by atoms with van der Waals surface area (Å²) >= 11 is 11.8. The van der Waals surface area contributed by atoms with Gasteiger partial charge in [0.25, 0.3) is 0 Å². The topological polar surface area (TPSA) is 12.0 Å².